The summed E-state index contributed by atoms with van der Waals surface area (Å²) in [6.07, 6.45) is 1.41. The highest BCUT2D eigenvalue weighted by Gasteiger charge is 2.17. The van der Waals surface area contributed by atoms with Crippen molar-refractivity contribution in [3.05, 3.63) is 106 Å². The van der Waals surface area contributed by atoms with E-state index in [-0.39, 0.29) is 21.2 Å². The molecule has 4 aromatic carbocycles. The van der Waals surface area contributed by atoms with Crippen LogP contribution in [0.1, 0.15) is 15.9 Å². The number of nitrogens with one attached hydrogen (secondary N) is 1. The zero-order valence-electron chi connectivity index (χ0n) is 16.9. The third kappa shape index (κ3) is 5.51. The molecule has 0 unspecified atom stereocenters. The molecule has 4 rings (SSSR count). The fourth-order valence-corrected chi connectivity index (χ4v) is 4.47. The Bertz CT molecular complexity index is 1470. The molecule has 0 fully saturated rings. The lowest BCUT2D eigenvalue weighted by molar-refractivity contribution is 0.0955. The Labute approximate surface area is 200 Å². The zero-order chi connectivity index (χ0) is 23.4. The van der Waals surface area contributed by atoms with E-state index in [1.807, 2.05) is 24.3 Å². The van der Waals surface area contributed by atoms with Gasteiger partial charge in [-0.3, -0.25) is 4.79 Å². The predicted octanol–water partition coefficient (Wildman–Crippen LogP) is 5.68. The maximum Gasteiger partial charge on any atom is 0.339 e. The van der Waals surface area contributed by atoms with Gasteiger partial charge in [0.1, 0.15) is 10.6 Å². The number of fused-ring (bicyclic) bond motifs is 1. The standard InChI is InChI=1S/C24H16Cl2N2O4S/c25-19-8-12-22(23(26)14-19)24(29)28-27-15-16-5-9-20(10-6-16)32-33(30,31)21-11-7-17-3-1-2-4-18(17)13-21/h1-15H,(H,28,29)/b27-15-. The average molecular weight is 499 g/mol. The topological polar surface area (TPSA) is 84.8 Å². The summed E-state index contributed by atoms with van der Waals surface area (Å²) in [5.74, 6) is -0.341. The Hall–Kier alpha value is -3.39. The van der Waals surface area contributed by atoms with Crippen LogP contribution in [0.3, 0.4) is 0 Å². The number of nitrogens with zero attached hydrogens (tertiary/aromatic N) is 1. The summed E-state index contributed by atoms with van der Waals surface area (Å²) in [5, 5.41) is 6.26. The lowest BCUT2D eigenvalue weighted by Crippen LogP contribution is -2.18. The highest BCUT2D eigenvalue weighted by atomic mass is 35.5. The fourth-order valence-electron chi connectivity index (χ4n) is 3.01. The van der Waals surface area contributed by atoms with Crippen molar-refractivity contribution < 1.29 is 17.4 Å². The summed E-state index contributed by atoms with van der Waals surface area (Å²) in [5.41, 5.74) is 3.23. The van der Waals surface area contributed by atoms with E-state index >= 15 is 0 Å². The second-order valence-corrected chi connectivity index (χ2v) is 9.33. The number of carbonyl (C=O) groups is 1. The summed E-state index contributed by atoms with van der Waals surface area (Å²) < 4.78 is 30.5. The monoisotopic (exact) mass is 498 g/mol. The molecular formula is C24H16Cl2N2O4S. The van der Waals surface area contributed by atoms with Gasteiger partial charge in [0.15, 0.2) is 0 Å². The molecule has 1 amide bonds. The van der Waals surface area contributed by atoms with Crippen molar-refractivity contribution in [1.29, 1.82) is 0 Å². The van der Waals surface area contributed by atoms with E-state index in [1.54, 1.807) is 30.3 Å². The Morgan fingerprint density at radius 3 is 2.33 bits per heavy atom. The second-order valence-electron chi connectivity index (χ2n) is 6.94. The van der Waals surface area contributed by atoms with Crippen LogP contribution in [-0.2, 0) is 10.1 Å². The first-order valence-electron chi connectivity index (χ1n) is 9.64. The largest absolute Gasteiger partial charge is 0.379 e. The van der Waals surface area contributed by atoms with E-state index < -0.39 is 16.0 Å². The van der Waals surface area contributed by atoms with Crippen LogP contribution in [-0.4, -0.2) is 20.5 Å². The first kappa shape index (κ1) is 22.8. The lowest BCUT2D eigenvalue weighted by Gasteiger charge is -2.08. The van der Waals surface area contributed by atoms with E-state index in [9.17, 15) is 13.2 Å². The number of benzene rings is 4. The molecule has 0 saturated heterocycles. The van der Waals surface area contributed by atoms with Gasteiger partial charge >= 0.3 is 10.1 Å². The SMILES string of the molecule is O=C(N/N=C\c1ccc(OS(=O)(=O)c2ccc3ccccc3c2)cc1)c1ccc(Cl)cc1Cl. The number of halogens is 2. The number of hydrogen-bond donors (Lipinski definition) is 1. The minimum atomic E-state index is -4.00. The van der Waals surface area contributed by atoms with Gasteiger partial charge in [0.05, 0.1) is 16.8 Å². The summed E-state index contributed by atoms with van der Waals surface area (Å²) in [6, 6.07) is 23.0. The van der Waals surface area contributed by atoms with Gasteiger partial charge in [-0.2, -0.15) is 13.5 Å². The Balaban J connectivity index is 1.41. The molecule has 0 bridgehead atoms. The molecule has 0 spiro atoms. The molecule has 4 aromatic rings. The number of rotatable bonds is 6. The van der Waals surface area contributed by atoms with Crippen molar-refractivity contribution in [3.8, 4) is 5.75 Å². The highest BCUT2D eigenvalue weighted by Crippen LogP contribution is 2.23. The lowest BCUT2D eigenvalue weighted by atomic mass is 10.1. The zero-order valence-corrected chi connectivity index (χ0v) is 19.2. The van der Waals surface area contributed by atoms with Crippen molar-refractivity contribution in [1.82, 2.24) is 5.43 Å². The summed E-state index contributed by atoms with van der Waals surface area (Å²) >= 11 is 11.8. The molecule has 33 heavy (non-hydrogen) atoms. The van der Waals surface area contributed by atoms with E-state index in [0.717, 1.165) is 10.8 Å². The van der Waals surface area contributed by atoms with Gasteiger partial charge in [-0.1, -0.05) is 53.5 Å². The van der Waals surface area contributed by atoms with E-state index in [4.69, 9.17) is 27.4 Å². The predicted molar refractivity (Wildman–Crippen MR) is 130 cm³/mol. The molecule has 166 valence electrons. The molecular weight excluding hydrogens is 483 g/mol. The van der Waals surface area contributed by atoms with Crippen LogP contribution < -0.4 is 9.61 Å². The number of hydrogen-bond acceptors (Lipinski definition) is 5. The highest BCUT2D eigenvalue weighted by molar-refractivity contribution is 7.87. The molecule has 0 aliphatic carbocycles. The van der Waals surface area contributed by atoms with Gasteiger partial charge in [0, 0.05) is 5.02 Å². The molecule has 6 nitrogen and oxygen atoms in total. The molecule has 0 aliphatic rings. The Morgan fingerprint density at radius 1 is 0.879 bits per heavy atom. The quantitative estimate of drug-likeness (QED) is 0.210. The molecule has 0 radical (unpaired) electrons. The first-order chi connectivity index (χ1) is 15.8. The van der Waals surface area contributed by atoms with Gasteiger partial charge in [-0.25, -0.2) is 5.43 Å². The van der Waals surface area contributed by atoms with Gasteiger partial charge in [0.25, 0.3) is 5.91 Å². The van der Waals surface area contributed by atoms with Crippen LogP contribution in [0.15, 0.2) is 94.9 Å². The van der Waals surface area contributed by atoms with Crippen molar-refractivity contribution >= 4 is 56.2 Å². The number of carbonyl (C=O) groups excluding carboxylic acids is 1. The van der Waals surface area contributed by atoms with Crippen LogP contribution >= 0.6 is 23.2 Å². The molecule has 0 atom stereocenters. The van der Waals surface area contributed by atoms with Crippen LogP contribution in [0.2, 0.25) is 10.0 Å². The number of amides is 1. The maximum atomic E-state index is 12.6. The van der Waals surface area contributed by atoms with Crippen LogP contribution in [0.5, 0.6) is 5.75 Å². The normalized spacial score (nSPS) is 11.6. The Morgan fingerprint density at radius 2 is 1.61 bits per heavy atom. The maximum absolute atomic E-state index is 12.6. The summed E-state index contributed by atoms with van der Waals surface area (Å²) in [7, 11) is -4.00. The molecule has 0 aromatic heterocycles. The molecule has 1 N–H and O–H groups in total. The molecule has 0 aliphatic heterocycles. The molecule has 0 heterocycles. The minimum absolute atomic E-state index is 0.0652. The average Bonchev–Trinajstić information content (AvgIpc) is 2.79. The van der Waals surface area contributed by atoms with Gasteiger partial charge in [0.2, 0.25) is 0 Å². The van der Waals surface area contributed by atoms with Gasteiger partial charge < -0.3 is 4.18 Å². The van der Waals surface area contributed by atoms with Crippen molar-refractivity contribution in [2.75, 3.05) is 0 Å². The van der Waals surface area contributed by atoms with E-state index in [2.05, 4.69) is 10.5 Å². The van der Waals surface area contributed by atoms with E-state index in [0.29, 0.717) is 10.6 Å². The minimum Gasteiger partial charge on any atom is -0.379 e. The van der Waals surface area contributed by atoms with Crippen LogP contribution in [0, 0.1) is 0 Å². The molecule has 0 saturated carbocycles. The number of hydrazone groups is 1. The van der Waals surface area contributed by atoms with E-state index in [1.165, 1.54) is 36.5 Å². The third-order valence-corrected chi connectivity index (χ3v) is 6.44. The summed E-state index contributed by atoms with van der Waals surface area (Å²) in [6.45, 7) is 0. The van der Waals surface area contributed by atoms with Crippen LogP contribution in [0.25, 0.3) is 10.8 Å². The van der Waals surface area contributed by atoms with Crippen molar-refractivity contribution in [2.24, 2.45) is 5.10 Å². The molecule has 9 heteroatoms. The van der Waals surface area contributed by atoms with Gasteiger partial charge in [-0.05, 0) is 70.9 Å². The van der Waals surface area contributed by atoms with Crippen molar-refractivity contribution in [3.63, 3.8) is 0 Å². The smallest absolute Gasteiger partial charge is 0.339 e. The second kappa shape index (κ2) is 9.62. The summed E-state index contributed by atoms with van der Waals surface area (Å²) in [4.78, 5) is 12.2. The van der Waals surface area contributed by atoms with Crippen LogP contribution in [0.4, 0.5) is 0 Å². The Kier molecular flexibility index (Phi) is 6.65. The van der Waals surface area contributed by atoms with Crippen molar-refractivity contribution in [2.45, 2.75) is 4.90 Å². The third-order valence-electron chi connectivity index (χ3n) is 4.65. The fraction of sp³-hybridized carbons (Fsp3) is 0. The first-order valence-corrected chi connectivity index (χ1v) is 11.8. The van der Waals surface area contributed by atoms with Gasteiger partial charge in [-0.15, -0.1) is 0 Å².